The smallest absolute Gasteiger partial charge is 0.128 e. The van der Waals surface area contributed by atoms with Crippen molar-refractivity contribution in [2.45, 2.75) is 31.2 Å². The normalized spacial score (nSPS) is 42.5. The first-order valence-electron chi connectivity index (χ1n) is 5.00. The number of nitrogens with one attached hydrogen (secondary N) is 1. The number of hydrogen-bond donors (Lipinski definition) is 1. The van der Waals surface area contributed by atoms with Crippen molar-refractivity contribution in [3.63, 3.8) is 0 Å². The summed E-state index contributed by atoms with van der Waals surface area (Å²) in [4.78, 5) is 1.97. The Labute approximate surface area is 77.3 Å². The fourth-order valence-corrected chi connectivity index (χ4v) is 2.26. The molecule has 0 saturated carbocycles. The van der Waals surface area contributed by atoms with Crippen molar-refractivity contribution in [3.8, 4) is 0 Å². The van der Waals surface area contributed by atoms with Gasteiger partial charge in [-0.05, 0) is 19.4 Å². The molecule has 0 bridgehead atoms. The highest BCUT2D eigenvalue weighted by molar-refractivity contribution is 4.89. The first-order valence-corrected chi connectivity index (χ1v) is 5.00. The third-order valence-electron chi connectivity index (χ3n) is 3.00. The Morgan fingerprint density at radius 1 is 1.23 bits per heavy atom. The third-order valence-corrected chi connectivity index (χ3v) is 3.00. The number of halogens is 2. The predicted octanol–water partition coefficient (Wildman–Crippen LogP) is 0.730. The number of nitrogens with zero attached hydrogens (tertiary/aromatic N) is 1. The molecule has 0 aliphatic carbocycles. The predicted molar refractivity (Wildman–Crippen MR) is 47.3 cm³/mol. The highest BCUT2D eigenvalue weighted by Gasteiger charge is 2.34. The van der Waals surface area contributed by atoms with Gasteiger partial charge in [0, 0.05) is 25.7 Å². The summed E-state index contributed by atoms with van der Waals surface area (Å²) in [5.74, 6) is 0. The van der Waals surface area contributed by atoms with Crippen LogP contribution in [0.5, 0.6) is 0 Å². The molecule has 4 heteroatoms. The van der Waals surface area contributed by atoms with Gasteiger partial charge >= 0.3 is 0 Å². The Hall–Kier alpha value is -0.220. The second-order valence-electron chi connectivity index (χ2n) is 3.96. The highest BCUT2D eigenvalue weighted by Crippen LogP contribution is 2.21. The van der Waals surface area contributed by atoms with E-state index in [0.717, 1.165) is 19.5 Å². The molecule has 2 aliphatic rings. The van der Waals surface area contributed by atoms with Crippen LogP contribution in [0, 0.1) is 0 Å². The number of piperidine rings is 1. The number of hydrogen-bond acceptors (Lipinski definition) is 2. The zero-order valence-corrected chi connectivity index (χ0v) is 7.68. The van der Waals surface area contributed by atoms with Gasteiger partial charge in [-0.3, -0.25) is 4.90 Å². The van der Waals surface area contributed by atoms with Crippen LogP contribution in [0.15, 0.2) is 0 Å². The lowest BCUT2D eigenvalue weighted by Crippen LogP contribution is -2.50. The average molecular weight is 190 g/mol. The van der Waals surface area contributed by atoms with Crippen LogP contribution < -0.4 is 5.32 Å². The second-order valence-corrected chi connectivity index (χ2v) is 3.96. The maximum atomic E-state index is 13.4. The fourth-order valence-electron chi connectivity index (χ4n) is 2.26. The summed E-state index contributed by atoms with van der Waals surface area (Å²) in [6, 6.07) is -0.0398. The van der Waals surface area contributed by atoms with Gasteiger partial charge in [-0.2, -0.15) is 0 Å². The lowest BCUT2D eigenvalue weighted by molar-refractivity contribution is 0.0986. The van der Waals surface area contributed by atoms with Gasteiger partial charge in [-0.15, -0.1) is 0 Å². The van der Waals surface area contributed by atoms with Gasteiger partial charge < -0.3 is 5.32 Å². The van der Waals surface area contributed by atoms with E-state index in [2.05, 4.69) is 5.32 Å². The molecule has 0 radical (unpaired) electrons. The highest BCUT2D eigenvalue weighted by atomic mass is 19.1. The van der Waals surface area contributed by atoms with E-state index >= 15 is 0 Å². The Morgan fingerprint density at radius 2 is 2.08 bits per heavy atom. The van der Waals surface area contributed by atoms with E-state index in [-0.39, 0.29) is 6.04 Å². The fraction of sp³-hybridized carbons (Fsp3) is 1.00. The van der Waals surface area contributed by atoms with E-state index in [4.69, 9.17) is 0 Å². The van der Waals surface area contributed by atoms with Gasteiger partial charge in [0.05, 0.1) is 0 Å². The van der Waals surface area contributed by atoms with Crippen LogP contribution in [-0.4, -0.2) is 49.5 Å². The van der Waals surface area contributed by atoms with E-state index in [1.165, 1.54) is 0 Å². The molecule has 76 valence electrons. The zero-order valence-electron chi connectivity index (χ0n) is 7.68. The SMILES string of the molecule is FC1CCN(C2CCNCC2F)C1. The summed E-state index contributed by atoms with van der Waals surface area (Å²) in [6.07, 6.45) is -0.161. The zero-order chi connectivity index (χ0) is 9.26. The molecular weight excluding hydrogens is 174 g/mol. The Bertz CT molecular complexity index is 177. The van der Waals surface area contributed by atoms with Crippen molar-refractivity contribution in [2.24, 2.45) is 0 Å². The van der Waals surface area contributed by atoms with Crippen molar-refractivity contribution < 1.29 is 8.78 Å². The molecule has 2 heterocycles. The summed E-state index contributed by atoms with van der Waals surface area (Å²) in [5, 5.41) is 3.00. The quantitative estimate of drug-likeness (QED) is 0.655. The topological polar surface area (TPSA) is 15.3 Å². The largest absolute Gasteiger partial charge is 0.314 e. The first-order chi connectivity index (χ1) is 6.27. The van der Waals surface area contributed by atoms with Gasteiger partial charge in [0.25, 0.3) is 0 Å². The third kappa shape index (κ3) is 1.99. The summed E-state index contributed by atoms with van der Waals surface area (Å²) >= 11 is 0. The minimum Gasteiger partial charge on any atom is -0.314 e. The Morgan fingerprint density at radius 3 is 2.69 bits per heavy atom. The summed E-state index contributed by atoms with van der Waals surface area (Å²) < 4.78 is 26.3. The van der Waals surface area contributed by atoms with Gasteiger partial charge in [0.1, 0.15) is 12.3 Å². The van der Waals surface area contributed by atoms with Crippen molar-refractivity contribution in [3.05, 3.63) is 0 Å². The molecule has 13 heavy (non-hydrogen) atoms. The summed E-state index contributed by atoms with van der Waals surface area (Å²) in [6.45, 7) is 2.45. The van der Waals surface area contributed by atoms with Crippen molar-refractivity contribution >= 4 is 0 Å². The molecule has 1 N–H and O–H groups in total. The standard InChI is InChI=1S/C9H16F2N2/c10-7-2-4-13(6-7)9-1-3-12-5-8(9)11/h7-9,12H,1-6H2. The molecule has 3 unspecified atom stereocenters. The molecular formula is C9H16F2N2. The maximum absolute atomic E-state index is 13.4. The molecule has 2 saturated heterocycles. The number of likely N-dealkylation sites (tertiary alicyclic amines) is 1. The van der Waals surface area contributed by atoms with Gasteiger partial charge in [0.15, 0.2) is 0 Å². The van der Waals surface area contributed by atoms with Crippen LogP contribution in [-0.2, 0) is 0 Å². The van der Waals surface area contributed by atoms with E-state index < -0.39 is 12.3 Å². The van der Waals surface area contributed by atoms with Gasteiger partial charge in [-0.1, -0.05) is 0 Å². The minimum absolute atomic E-state index is 0.0398. The van der Waals surface area contributed by atoms with Crippen LogP contribution in [0.1, 0.15) is 12.8 Å². The average Bonchev–Trinajstić information content (AvgIpc) is 2.53. The van der Waals surface area contributed by atoms with E-state index in [9.17, 15) is 8.78 Å². The molecule has 0 aromatic rings. The van der Waals surface area contributed by atoms with Gasteiger partial charge in [0.2, 0.25) is 0 Å². The number of alkyl halides is 2. The number of rotatable bonds is 1. The van der Waals surface area contributed by atoms with Crippen molar-refractivity contribution in [1.82, 2.24) is 10.2 Å². The second kappa shape index (κ2) is 3.88. The maximum Gasteiger partial charge on any atom is 0.128 e. The van der Waals surface area contributed by atoms with Crippen molar-refractivity contribution in [2.75, 3.05) is 26.2 Å². The molecule has 2 nitrogen and oxygen atoms in total. The van der Waals surface area contributed by atoms with E-state index in [0.29, 0.717) is 19.5 Å². The summed E-state index contributed by atoms with van der Waals surface area (Å²) in [5.41, 5.74) is 0. The van der Waals surface area contributed by atoms with Crippen LogP contribution in [0.2, 0.25) is 0 Å². The van der Waals surface area contributed by atoms with Crippen LogP contribution in [0.3, 0.4) is 0 Å². The van der Waals surface area contributed by atoms with Crippen LogP contribution in [0.25, 0.3) is 0 Å². The molecule has 0 aromatic heterocycles. The monoisotopic (exact) mass is 190 g/mol. The lowest BCUT2D eigenvalue weighted by atomic mass is 10.0. The Balaban J connectivity index is 1.91. The van der Waals surface area contributed by atoms with Gasteiger partial charge in [-0.25, -0.2) is 8.78 Å². The molecule has 2 aliphatic heterocycles. The van der Waals surface area contributed by atoms with Crippen LogP contribution in [0.4, 0.5) is 8.78 Å². The molecule has 0 aromatic carbocycles. The molecule has 2 rings (SSSR count). The summed E-state index contributed by atoms with van der Waals surface area (Å²) in [7, 11) is 0. The first kappa shape index (κ1) is 9.34. The molecule has 3 atom stereocenters. The Kier molecular flexibility index (Phi) is 2.79. The lowest BCUT2D eigenvalue weighted by Gasteiger charge is -2.33. The van der Waals surface area contributed by atoms with E-state index in [1.54, 1.807) is 0 Å². The van der Waals surface area contributed by atoms with Crippen molar-refractivity contribution in [1.29, 1.82) is 0 Å². The minimum atomic E-state index is -0.820. The molecule has 0 amide bonds. The molecule has 0 spiro atoms. The molecule has 2 fully saturated rings. The van der Waals surface area contributed by atoms with Crippen LogP contribution >= 0.6 is 0 Å². The van der Waals surface area contributed by atoms with E-state index in [1.807, 2.05) is 4.90 Å².